The van der Waals surface area contributed by atoms with Crippen molar-refractivity contribution in [2.24, 2.45) is 0 Å². The number of ether oxygens (including phenoxy) is 1. The normalized spacial score (nSPS) is 11.6. The Labute approximate surface area is 142 Å². The molecule has 0 saturated heterocycles. The van der Waals surface area contributed by atoms with Crippen LogP contribution in [0.15, 0.2) is 22.7 Å². The lowest BCUT2D eigenvalue weighted by Crippen LogP contribution is -2.17. The first-order valence-corrected chi connectivity index (χ1v) is 7.91. The molecule has 2 rings (SSSR count). The molecule has 0 spiro atoms. The molecule has 0 amide bonds. The van der Waals surface area contributed by atoms with Gasteiger partial charge in [-0.15, -0.1) is 0 Å². The highest BCUT2D eigenvalue weighted by Crippen LogP contribution is 2.34. The van der Waals surface area contributed by atoms with Crippen LogP contribution in [0.3, 0.4) is 0 Å². The van der Waals surface area contributed by atoms with Gasteiger partial charge in [0.2, 0.25) is 5.88 Å². The van der Waals surface area contributed by atoms with Crippen molar-refractivity contribution >= 4 is 39.1 Å². The smallest absolute Gasteiger partial charge is 0.227 e. The summed E-state index contributed by atoms with van der Waals surface area (Å²) in [5, 5.41) is 0.883. The molecule has 0 unspecified atom stereocenters. The van der Waals surface area contributed by atoms with E-state index in [1.54, 1.807) is 12.1 Å². The molecule has 1 aromatic heterocycles. The lowest BCUT2D eigenvalue weighted by atomic mass is 9.96. The minimum atomic E-state index is -0.223. The van der Waals surface area contributed by atoms with Gasteiger partial charge < -0.3 is 4.74 Å². The molecule has 6 heteroatoms. The minimum Gasteiger partial charge on any atom is -0.437 e. The third kappa shape index (κ3) is 3.87. The topological polar surface area (TPSA) is 35.0 Å². The van der Waals surface area contributed by atoms with Crippen molar-refractivity contribution in [2.75, 3.05) is 0 Å². The molecule has 0 fully saturated rings. The monoisotopic (exact) mass is 388 g/mol. The molecule has 0 atom stereocenters. The zero-order valence-corrected chi connectivity index (χ0v) is 15.3. The van der Waals surface area contributed by atoms with Gasteiger partial charge in [0.15, 0.2) is 0 Å². The molecule has 0 radical (unpaired) electrons. The zero-order chi connectivity index (χ0) is 15.8. The molecular weight excluding hydrogens is 375 g/mol. The van der Waals surface area contributed by atoms with E-state index in [0.717, 1.165) is 4.47 Å². The maximum absolute atomic E-state index is 6.18. The summed E-state index contributed by atoms with van der Waals surface area (Å²) >= 11 is 15.7. The summed E-state index contributed by atoms with van der Waals surface area (Å²) in [4.78, 5) is 8.79. The van der Waals surface area contributed by atoms with E-state index in [-0.39, 0.29) is 5.41 Å². The lowest BCUT2D eigenvalue weighted by molar-refractivity contribution is 0.442. The second-order valence-electron chi connectivity index (χ2n) is 5.69. The molecule has 0 aliphatic rings. The van der Waals surface area contributed by atoms with E-state index in [1.807, 2.05) is 33.8 Å². The summed E-state index contributed by atoms with van der Waals surface area (Å²) in [6.45, 7) is 7.87. The van der Waals surface area contributed by atoms with Crippen LogP contribution in [-0.2, 0) is 5.41 Å². The Kier molecular flexibility index (Phi) is 4.81. The summed E-state index contributed by atoms with van der Waals surface area (Å²) in [7, 11) is 0. The van der Waals surface area contributed by atoms with Crippen molar-refractivity contribution in [3.05, 3.63) is 44.2 Å². The van der Waals surface area contributed by atoms with Gasteiger partial charge in [0.05, 0.1) is 5.02 Å². The van der Waals surface area contributed by atoms with Crippen molar-refractivity contribution < 1.29 is 4.74 Å². The average molecular weight is 390 g/mol. The van der Waals surface area contributed by atoms with Gasteiger partial charge in [0, 0.05) is 15.5 Å². The summed E-state index contributed by atoms with van der Waals surface area (Å²) in [5.41, 5.74) is 0.461. The van der Waals surface area contributed by atoms with Crippen molar-refractivity contribution in [2.45, 2.75) is 33.1 Å². The second-order valence-corrected chi connectivity index (χ2v) is 7.38. The molecule has 3 nitrogen and oxygen atoms in total. The van der Waals surface area contributed by atoms with Crippen LogP contribution >= 0.6 is 39.1 Å². The number of hydrogen-bond acceptors (Lipinski definition) is 3. The fourth-order valence-electron chi connectivity index (χ4n) is 1.57. The zero-order valence-electron chi connectivity index (χ0n) is 12.2. The molecule has 0 N–H and O–H groups in total. The van der Waals surface area contributed by atoms with E-state index in [4.69, 9.17) is 27.9 Å². The van der Waals surface area contributed by atoms with E-state index in [2.05, 4.69) is 25.9 Å². The fourth-order valence-corrected chi connectivity index (χ4v) is 2.44. The molecule has 1 heterocycles. The van der Waals surface area contributed by atoms with E-state index >= 15 is 0 Å². The third-order valence-electron chi connectivity index (χ3n) is 2.81. The van der Waals surface area contributed by atoms with Crippen LogP contribution in [0.5, 0.6) is 11.6 Å². The molecule has 21 heavy (non-hydrogen) atoms. The first-order valence-electron chi connectivity index (χ1n) is 6.36. The second kappa shape index (κ2) is 6.11. The van der Waals surface area contributed by atoms with Crippen LogP contribution < -0.4 is 4.74 Å². The fraction of sp³-hybridized carbons (Fsp3) is 0.333. The first-order chi connectivity index (χ1) is 9.68. The van der Waals surface area contributed by atoms with Gasteiger partial charge in [-0.3, -0.25) is 0 Å². The SMILES string of the molecule is Cc1c(Cl)nc(C(C)(C)C)nc1Oc1ccc(Br)cc1Cl. The molecule has 1 aromatic carbocycles. The molecular formula is C15H15BrCl2N2O. The van der Waals surface area contributed by atoms with Gasteiger partial charge in [0.25, 0.3) is 0 Å². The summed E-state index contributed by atoms with van der Waals surface area (Å²) in [6, 6.07) is 5.39. The minimum absolute atomic E-state index is 0.223. The molecule has 0 aliphatic heterocycles. The van der Waals surface area contributed by atoms with Gasteiger partial charge >= 0.3 is 0 Å². The van der Waals surface area contributed by atoms with E-state index in [9.17, 15) is 0 Å². The van der Waals surface area contributed by atoms with Gasteiger partial charge in [-0.2, -0.15) is 4.98 Å². The predicted molar refractivity (Wildman–Crippen MR) is 89.7 cm³/mol. The number of rotatable bonds is 2. The molecule has 0 aliphatic carbocycles. The first kappa shape index (κ1) is 16.5. The van der Waals surface area contributed by atoms with Crippen molar-refractivity contribution in [3.8, 4) is 11.6 Å². The number of aromatic nitrogens is 2. The largest absolute Gasteiger partial charge is 0.437 e. The summed E-state index contributed by atoms with van der Waals surface area (Å²) in [5.74, 6) is 1.57. The quantitative estimate of drug-likeness (QED) is 0.595. The summed E-state index contributed by atoms with van der Waals surface area (Å²) < 4.78 is 6.71. The number of nitrogens with zero attached hydrogens (tertiary/aromatic N) is 2. The Bertz CT molecular complexity index is 684. The van der Waals surface area contributed by atoms with Crippen LogP contribution in [0.1, 0.15) is 32.2 Å². The van der Waals surface area contributed by atoms with Gasteiger partial charge in [-0.25, -0.2) is 4.98 Å². The highest BCUT2D eigenvalue weighted by Gasteiger charge is 2.21. The maximum atomic E-state index is 6.18. The Morgan fingerprint density at radius 2 is 1.81 bits per heavy atom. The van der Waals surface area contributed by atoms with Gasteiger partial charge in [-0.1, -0.05) is 59.9 Å². The van der Waals surface area contributed by atoms with Crippen LogP contribution in [0.4, 0.5) is 0 Å². The van der Waals surface area contributed by atoms with Crippen LogP contribution in [0.2, 0.25) is 10.2 Å². The number of hydrogen-bond donors (Lipinski definition) is 0. The van der Waals surface area contributed by atoms with Crippen LogP contribution in [0.25, 0.3) is 0 Å². The molecule has 0 bridgehead atoms. The lowest BCUT2D eigenvalue weighted by Gasteiger charge is -2.19. The Balaban J connectivity index is 2.46. The third-order valence-corrected chi connectivity index (χ3v) is 3.97. The van der Waals surface area contributed by atoms with Crippen molar-refractivity contribution in [1.82, 2.24) is 9.97 Å². The maximum Gasteiger partial charge on any atom is 0.227 e. The molecule has 112 valence electrons. The number of benzene rings is 1. The van der Waals surface area contributed by atoms with E-state index in [1.165, 1.54) is 0 Å². The Hall–Kier alpha value is -0.840. The standard InChI is InChI=1S/C15H15BrCl2N2O/c1-8-12(18)19-14(15(2,3)4)20-13(8)21-11-6-5-9(16)7-10(11)17/h5-7H,1-4H3. The summed E-state index contributed by atoms with van der Waals surface area (Å²) in [6.07, 6.45) is 0. The van der Waals surface area contributed by atoms with Crippen molar-refractivity contribution in [1.29, 1.82) is 0 Å². The van der Waals surface area contributed by atoms with E-state index < -0.39 is 0 Å². The Morgan fingerprint density at radius 1 is 1.14 bits per heavy atom. The number of halogens is 3. The van der Waals surface area contributed by atoms with Crippen molar-refractivity contribution in [3.63, 3.8) is 0 Å². The van der Waals surface area contributed by atoms with Crippen LogP contribution in [-0.4, -0.2) is 9.97 Å². The highest BCUT2D eigenvalue weighted by atomic mass is 79.9. The van der Waals surface area contributed by atoms with Gasteiger partial charge in [0.1, 0.15) is 16.7 Å². The molecule has 2 aromatic rings. The average Bonchev–Trinajstić information content (AvgIpc) is 2.36. The van der Waals surface area contributed by atoms with E-state index in [0.29, 0.717) is 33.2 Å². The van der Waals surface area contributed by atoms with Crippen LogP contribution in [0, 0.1) is 6.92 Å². The van der Waals surface area contributed by atoms with Gasteiger partial charge in [-0.05, 0) is 25.1 Å². The molecule has 0 saturated carbocycles. The highest BCUT2D eigenvalue weighted by molar-refractivity contribution is 9.10. The predicted octanol–water partition coefficient (Wildman–Crippen LogP) is 5.94. The Morgan fingerprint density at radius 3 is 2.38 bits per heavy atom.